The number of benzene rings is 1. The molecule has 0 aliphatic heterocycles. The van der Waals surface area contributed by atoms with Gasteiger partial charge in [-0.2, -0.15) is 13.2 Å². The fraction of sp³-hybridized carbons (Fsp3) is 0.385. The highest BCUT2D eigenvalue weighted by Gasteiger charge is 2.32. The largest absolute Gasteiger partial charge is 0.478 e. The lowest BCUT2D eigenvalue weighted by Gasteiger charge is -2.15. The Morgan fingerprint density at radius 3 is 2.48 bits per heavy atom. The zero-order valence-corrected chi connectivity index (χ0v) is 11.2. The van der Waals surface area contributed by atoms with Gasteiger partial charge in [-0.3, -0.25) is 4.79 Å². The van der Waals surface area contributed by atoms with E-state index in [9.17, 15) is 22.8 Å². The van der Waals surface area contributed by atoms with Gasteiger partial charge in [0.05, 0.1) is 22.9 Å². The van der Waals surface area contributed by atoms with Crippen LogP contribution in [0.3, 0.4) is 0 Å². The van der Waals surface area contributed by atoms with Crippen molar-refractivity contribution in [3.05, 3.63) is 29.3 Å². The van der Waals surface area contributed by atoms with E-state index in [-0.39, 0.29) is 0 Å². The lowest BCUT2D eigenvalue weighted by molar-refractivity contribution is -0.137. The van der Waals surface area contributed by atoms with E-state index in [0.717, 1.165) is 6.07 Å². The molecule has 0 spiro atoms. The first-order valence-corrected chi connectivity index (χ1v) is 6.17. The number of anilines is 1. The average Bonchev–Trinajstić information content (AvgIpc) is 2.37. The normalized spacial score (nSPS) is 12.8. The summed E-state index contributed by atoms with van der Waals surface area (Å²) in [5, 5.41) is 11.1. The van der Waals surface area contributed by atoms with E-state index in [1.165, 1.54) is 0 Å². The first-order valence-electron chi connectivity index (χ1n) is 6.17. The van der Waals surface area contributed by atoms with E-state index in [1.807, 2.05) is 0 Å². The number of rotatable bonds is 5. The SMILES string of the molecule is CCC[C@@H](N)C(=O)Nc1cc(C(F)(F)F)ccc1C(=O)O. The lowest BCUT2D eigenvalue weighted by atomic mass is 10.1. The Bertz CT molecular complexity index is 544. The topological polar surface area (TPSA) is 92.4 Å². The van der Waals surface area contributed by atoms with Gasteiger partial charge in [-0.05, 0) is 24.6 Å². The van der Waals surface area contributed by atoms with Crippen LogP contribution in [0.5, 0.6) is 0 Å². The second-order valence-electron chi connectivity index (χ2n) is 4.45. The Morgan fingerprint density at radius 1 is 1.38 bits per heavy atom. The van der Waals surface area contributed by atoms with Crippen molar-refractivity contribution in [3.8, 4) is 0 Å². The molecule has 1 aromatic carbocycles. The Hall–Kier alpha value is -2.09. The molecule has 0 aromatic heterocycles. The minimum absolute atomic E-state index is 0.340. The van der Waals surface area contributed by atoms with Gasteiger partial charge < -0.3 is 16.2 Å². The molecule has 0 saturated carbocycles. The van der Waals surface area contributed by atoms with Crippen LogP contribution in [0.25, 0.3) is 0 Å². The number of nitrogens with two attached hydrogens (primary N) is 1. The predicted octanol–water partition coefficient (Wildman–Crippen LogP) is 2.47. The van der Waals surface area contributed by atoms with Crippen LogP contribution in [0.4, 0.5) is 18.9 Å². The van der Waals surface area contributed by atoms with Gasteiger partial charge in [-0.1, -0.05) is 13.3 Å². The first-order chi connectivity index (χ1) is 9.66. The Morgan fingerprint density at radius 2 is 2.00 bits per heavy atom. The molecule has 0 unspecified atom stereocenters. The molecule has 0 bridgehead atoms. The molecule has 0 heterocycles. The summed E-state index contributed by atoms with van der Waals surface area (Å²) < 4.78 is 37.9. The molecule has 8 heteroatoms. The number of carbonyl (C=O) groups is 2. The number of alkyl halides is 3. The quantitative estimate of drug-likeness (QED) is 0.779. The third kappa shape index (κ3) is 4.45. The van der Waals surface area contributed by atoms with Crippen molar-refractivity contribution in [3.63, 3.8) is 0 Å². The van der Waals surface area contributed by atoms with Crippen molar-refractivity contribution < 1.29 is 27.9 Å². The summed E-state index contributed by atoms with van der Waals surface area (Å²) >= 11 is 0. The van der Waals surface area contributed by atoms with Crippen molar-refractivity contribution in [2.45, 2.75) is 32.0 Å². The van der Waals surface area contributed by atoms with Crippen LogP contribution in [-0.2, 0) is 11.0 Å². The Labute approximate surface area is 118 Å². The van der Waals surface area contributed by atoms with E-state index in [4.69, 9.17) is 10.8 Å². The highest BCUT2D eigenvalue weighted by Crippen LogP contribution is 2.32. The van der Waals surface area contributed by atoms with Crippen LogP contribution in [-0.4, -0.2) is 23.0 Å². The molecule has 0 aliphatic carbocycles. The Balaban J connectivity index is 3.13. The number of hydrogen-bond acceptors (Lipinski definition) is 3. The fourth-order valence-corrected chi connectivity index (χ4v) is 1.68. The number of carboxylic acids is 1. The van der Waals surface area contributed by atoms with Crippen LogP contribution in [0.2, 0.25) is 0 Å². The van der Waals surface area contributed by atoms with Gasteiger partial charge in [0.2, 0.25) is 5.91 Å². The van der Waals surface area contributed by atoms with Gasteiger partial charge in [-0.15, -0.1) is 0 Å². The lowest BCUT2D eigenvalue weighted by Crippen LogP contribution is -2.35. The number of nitrogens with one attached hydrogen (secondary N) is 1. The van der Waals surface area contributed by atoms with Gasteiger partial charge >= 0.3 is 12.1 Å². The van der Waals surface area contributed by atoms with Crippen LogP contribution < -0.4 is 11.1 Å². The first kappa shape index (κ1) is 17.0. The molecule has 1 atom stereocenters. The summed E-state index contributed by atoms with van der Waals surface area (Å²) in [4.78, 5) is 22.7. The molecular formula is C13H15F3N2O3. The molecule has 21 heavy (non-hydrogen) atoms. The molecule has 1 rings (SSSR count). The smallest absolute Gasteiger partial charge is 0.416 e. The molecule has 4 N–H and O–H groups in total. The van der Waals surface area contributed by atoms with Crippen LogP contribution in [0.1, 0.15) is 35.7 Å². The third-order valence-electron chi connectivity index (χ3n) is 2.77. The molecule has 0 radical (unpaired) electrons. The minimum atomic E-state index is -4.64. The minimum Gasteiger partial charge on any atom is -0.478 e. The standard InChI is InChI=1S/C13H15F3N2O3/c1-2-3-9(17)11(19)18-10-6-7(13(14,15)16)4-5-8(10)12(20)21/h4-6,9H,2-3,17H2,1H3,(H,18,19)(H,20,21)/t9-/m1/s1. The molecular weight excluding hydrogens is 289 g/mol. The summed E-state index contributed by atoms with van der Waals surface area (Å²) in [5.74, 6) is -2.17. The second-order valence-corrected chi connectivity index (χ2v) is 4.45. The summed E-state index contributed by atoms with van der Waals surface area (Å²) in [6, 6.07) is 1.11. The molecule has 5 nitrogen and oxygen atoms in total. The maximum absolute atomic E-state index is 12.6. The zero-order valence-electron chi connectivity index (χ0n) is 11.2. The molecule has 1 aromatic rings. The highest BCUT2D eigenvalue weighted by atomic mass is 19.4. The van der Waals surface area contributed by atoms with Crippen molar-refractivity contribution >= 4 is 17.6 Å². The number of carbonyl (C=O) groups excluding carboxylic acids is 1. The zero-order chi connectivity index (χ0) is 16.2. The van der Waals surface area contributed by atoms with E-state index >= 15 is 0 Å². The van der Waals surface area contributed by atoms with Crippen LogP contribution in [0.15, 0.2) is 18.2 Å². The number of halogens is 3. The van der Waals surface area contributed by atoms with E-state index in [0.29, 0.717) is 25.0 Å². The molecule has 0 saturated heterocycles. The number of hydrogen-bond donors (Lipinski definition) is 3. The maximum atomic E-state index is 12.6. The van der Waals surface area contributed by atoms with Crippen molar-refractivity contribution in [2.24, 2.45) is 5.73 Å². The van der Waals surface area contributed by atoms with Crippen molar-refractivity contribution in [1.29, 1.82) is 0 Å². The number of amides is 1. The Kier molecular flexibility index (Phi) is 5.31. The van der Waals surface area contributed by atoms with Crippen molar-refractivity contribution in [2.75, 3.05) is 5.32 Å². The maximum Gasteiger partial charge on any atom is 0.416 e. The predicted molar refractivity (Wildman–Crippen MR) is 69.9 cm³/mol. The van der Waals surface area contributed by atoms with E-state index in [2.05, 4.69) is 5.32 Å². The molecule has 116 valence electrons. The fourth-order valence-electron chi connectivity index (χ4n) is 1.68. The monoisotopic (exact) mass is 304 g/mol. The van der Waals surface area contributed by atoms with Gasteiger partial charge in [-0.25, -0.2) is 4.79 Å². The average molecular weight is 304 g/mol. The molecule has 0 aliphatic rings. The van der Waals surface area contributed by atoms with Gasteiger partial charge in [0, 0.05) is 0 Å². The van der Waals surface area contributed by atoms with Crippen molar-refractivity contribution in [1.82, 2.24) is 0 Å². The van der Waals surface area contributed by atoms with Gasteiger partial charge in [0.25, 0.3) is 0 Å². The number of aromatic carboxylic acids is 1. The summed E-state index contributed by atoms with van der Waals surface area (Å²) in [6.07, 6.45) is -3.68. The van der Waals surface area contributed by atoms with E-state index < -0.39 is 40.9 Å². The van der Waals surface area contributed by atoms with Crippen LogP contribution in [0, 0.1) is 0 Å². The van der Waals surface area contributed by atoms with Gasteiger partial charge in [0.1, 0.15) is 0 Å². The van der Waals surface area contributed by atoms with Crippen LogP contribution >= 0.6 is 0 Å². The van der Waals surface area contributed by atoms with Gasteiger partial charge in [0.15, 0.2) is 0 Å². The molecule has 1 amide bonds. The summed E-state index contributed by atoms with van der Waals surface area (Å²) in [5.41, 5.74) is 3.64. The summed E-state index contributed by atoms with van der Waals surface area (Å²) in [7, 11) is 0. The third-order valence-corrected chi connectivity index (χ3v) is 2.77. The van der Waals surface area contributed by atoms with E-state index in [1.54, 1.807) is 6.92 Å². The molecule has 0 fully saturated rings. The number of carboxylic acid groups (broad SMARTS) is 1. The highest BCUT2D eigenvalue weighted by molar-refractivity contribution is 6.02. The second kappa shape index (κ2) is 6.57. The summed E-state index contributed by atoms with van der Waals surface area (Å²) in [6.45, 7) is 1.79.